The van der Waals surface area contributed by atoms with E-state index in [1.54, 1.807) is 14.0 Å². The molecule has 0 fully saturated rings. The summed E-state index contributed by atoms with van der Waals surface area (Å²) in [7, 11) is 1.64. The molecule has 0 aliphatic carbocycles. The van der Waals surface area contributed by atoms with E-state index in [0.717, 1.165) is 11.5 Å². The van der Waals surface area contributed by atoms with Crippen molar-refractivity contribution in [2.75, 3.05) is 13.7 Å². The number of hydrogen-bond donors (Lipinski definition) is 0. The zero-order chi connectivity index (χ0) is 9.52. The van der Waals surface area contributed by atoms with Crippen LogP contribution in [-0.4, -0.2) is 13.7 Å². The van der Waals surface area contributed by atoms with Gasteiger partial charge in [0.15, 0.2) is 0 Å². The number of methoxy groups -OCH3 is 1. The Labute approximate surface area is 78.5 Å². The molecule has 1 rings (SSSR count). The van der Waals surface area contributed by atoms with Crippen LogP contribution in [0.15, 0.2) is 24.3 Å². The summed E-state index contributed by atoms with van der Waals surface area (Å²) in [6.45, 7) is 2.22. The molecule has 0 amide bonds. The lowest BCUT2D eigenvalue weighted by molar-refractivity contribution is 0.368. The maximum Gasteiger partial charge on any atom is 0.149 e. The van der Waals surface area contributed by atoms with E-state index in [0.29, 0.717) is 6.61 Å². The van der Waals surface area contributed by atoms with Gasteiger partial charge in [-0.15, -0.1) is 5.92 Å². The zero-order valence-electron chi connectivity index (χ0n) is 7.83. The molecule has 1 aromatic rings. The predicted octanol–water partition coefficient (Wildman–Crippen LogP) is 2.10. The third kappa shape index (κ3) is 3.08. The summed E-state index contributed by atoms with van der Waals surface area (Å²) in [6.07, 6.45) is 0. The van der Waals surface area contributed by atoms with Crippen molar-refractivity contribution in [2.24, 2.45) is 0 Å². The molecule has 0 aromatic heterocycles. The molecule has 0 aliphatic heterocycles. The van der Waals surface area contributed by atoms with Crippen LogP contribution in [0.4, 0.5) is 0 Å². The molecule has 0 saturated carbocycles. The molecular formula is C11H12O2. The van der Waals surface area contributed by atoms with Crippen molar-refractivity contribution in [3.63, 3.8) is 0 Å². The molecular weight excluding hydrogens is 164 g/mol. The van der Waals surface area contributed by atoms with Crippen molar-refractivity contribution in [1.82, 2.24) is 0 Å². The Morgan fingerprint density at radius 2 is 1.77 bits per heavy atom. The van der Waals surface area contributed by atoms with Gasteiger partial charge in [0, 0.05) is 0 Å². The Morgan fingerprint density at radius 1 is 1.15 bits per heavy atom. The SMILES string of the molecule is CC#CCOc1ccc(OC)cc1. The maximum atomic E-state index is 5.32. The molecule has 0 atom stereocenters. The van der Waals surface area contributed by atoms with Gasteiger partial charge in [0.2, 0.25) is 0 Å². The summed E-state index contributed by atoms with van der Waals surface area (Å²) in [5, 5.41) is 0. The fourth-order valence-corrected chi connectivity index (χ4v) is 0.864. The first-order valence-corrected chi connectivity index (χ1v) is 4.03. The van der Waals surface area contributed by atoms with Gasteiger partial charge in [-0.05, 0) is 31.2 Å². The van der Waals surface area contributed by atoms with E-state index >= 15 is 0 Å². The number of rotatable bonds is 3. The Morgan fingerprint density at radius 3 is 2.31 bits per heavy atom. The normalized spacial score (nSPS) is 8.46. The number of hydrogen-bond acceptors (Lipinski definition) is 2. The molecule has 0 aliphatic rings. The van der Waals surface area contributed by atoms with Gasteiger partial charge in [0.1, 0.15) is 18.1 Å². The molecule has 0 bridgehead atoms. The second-order valence-corrected chi connectivity index (χ2v) is 2.39. The fourth-order valence-electron chi connectivity index (χ4n) is 0.864. The summed E-state index contributed by atoms with van der Waals surface area (Å²) in [4.78, 5) is 0. The first-order chi connectivity index (χ1) is 6.36. The first kappa shape index (κ1) is 9.47. The van der Waals surface area contributed by atoms with Gasteiger partial charge in [-0.3, -0.25) is 0 Å². The Hall–Kier alpha value is -1.62. The van der Waals surface area contributed by atoms with Crippen molar-refractivity contribution >= 4 is 0 Å². The molecule has 0 spiro atoms. The van der Waals surface area contributed by atoms with E-state index in [-0.39, 0.29) is 0 Å². The Balaban J connectivity index is 2.52. The van der Waals surface area contributed by atoms with E-state index in [4.69, 9.17) is 9.47 Å². The lowest BCUT2D eigenvalue weighted by Crippen LogP contribution is -1.93. The minimum Gasteiger partial charge on any atom is -0.497 e. The molecule has 0 N–H and O–H groups in total. The van der Waals surface area contributed by atoms with E-state index in [1.165, 1.54) is 0 Å². The molecule has 0 unspecified atom stereocenters. The molecule has 0 radical (unpaired) electrons. The lowest BCUT2D eigenvalue weighted by Gasteiger charge is -2.02. The van der Waals surface area contributed by atoms with E-state index < -0.39 is 0 Å². The van der Waals surface area contributed by atoms with Crippen LogP contribution in [0.3, 0.4) is 0 Å². The summed E-state index contributed by atoms with van der Waals surface area (Å²) in [5.74, 6) is 7.22. The van der Waals surface area contributed by atoms with Crippen molar-refractivity contribution in [3.8, 4) is 23.3 Å². The number of ether oxygens (including phenoxy) is 2. The van der Waals surface area contributed by atoms with Crippen LogP contribution in [0.25, 0.3) is 0 Å². The van der Waals surface area contributed by atoms with Gasteiger partial charge in [-0.2, -0.15) is 0 Å². The summed E-state index contributed by atoms with van der Waals surface area (Å²) >= 11 is 0. The van der Waals surface area contributed by atoms with Crippen molar-refractivity contribution < 1.29 is 9.47 Å². The molecule has 2 heteroatoms. The monoisotopic (exact) mass is 176 g/mol. The summed E-state index contributed by atoms with van der Waals surface area (Å²) in [6, 6.07) is 7.43. The van der Waals surface area contributed by atoms with Gasteiger partial charge in [-0.1, -0.05) is 5.92 Å². The minimum absolute atomic E-state index is 0.433. The quantitative estimate of drug-likeness (QED) is 0.656. The third-order valence-corrected chi connectivity index (χ3v) is 1.55. The standard InChI is InChI=1S/C11H12O2/c1-3-4-9-13-11-7-5-10(12-2)6-8-11/h5-8H,9H2,1-2H3. The molecule has 68 valence electrons. The van der Waals surface area contributed by atoms with Gasteiger partial charge in [0.25, 0.3) is 0 Å². The van der Waals surface area contributed by atoms with Crippen molar-refractivity contribution in [3.05, 3.63) is 24.3 Å². The number of benzene rings is 1. The van der Waals surface area contributed by atoms with Gasteiger partial charge >= 0.3 is 0 Å². The van der Waals surface area contributed by atoms with Gasteiger partial charge < -0.3 is 9.47 Å². The molecule has 1 aromatic carbocycles. The summed E-state index contributed by atoms with van der Waals surface area (Å²) in [5.41, 5.74) is 0. The highest BCUT2D eigenvalue weighted by Gasteiger charge is 1.92. The smallest absolute Gasteiger partial charge is 0.149 e. The second kappa shape index (κ2) is 5.10. The third-order valence-electron chi connectivity index (χ3n) is 1.55. The van der Waals surface area contributed by atoms with Crippen LogP contribution in [0, 0.1) is 11.8 Å². The first-order valence-electron chi connectivity index (χ1n) is 4.03. The van der Waals surface area contributed by atoms with Crippen LogP contribution >= 0.6 is 0 Å². The maximum absolute atomic E-state index is 5.32. The Bertz CT molecular complexity index is 303. The molecule has 0 heterocycles. The van der Waals surface area contributed by atoms with Crippen LogP contribution in [-0.2, 0) is 0 Å². The topological polar surface area (TPSA) is 18.5 Å². The highest BCUT2D eigenvalue weighted by atomic mass is 16.5. The second-order valence-electron chi connectivity index (χ2n) is 2.39. The van der Waals surface area contributed by atoms with Crippen LogP contribution in [0.2, 0.25) is 0 Å². The van der Waals surface area contributed by atoms with Gasteiger partial charge in [0.05, 0.1) is 7.11 Å². The van der Waals surface area contributed by atoms with E-state index in [9.17, 15) is 0 Å². The van der Waals surface area contributed by atoms with Crippen molar-refractivity contribution in [2.45, 2.75) is 6.92 Å². The van der Waals surface area contributed by atoms with Crippen molar-refractivity contribution in [1.29, 1.82) is 0 Å². The lowest BCUT2D eigenvalue weighted by atomic mass is 10.3. The fraction of sp³-hybridized carbons (Fsp3) is 0.273. The predicted molar refractivity (Wildman–Crippen MR) is 51.9 cm³/mol. The summed E-state index contributed by atoms with van der Waals surface area (Å²) < 4.78 is 10.3. The molecule has 13 heavy (non-hydrogen) atoms. The van der Waals surface area contributed by atoms with Crippen LogP contribution < -0.4 is 9.47 Å². The van der Waals surface area contributed by atoms with E-state index in [2.05, 4.69) is 11.8 Å². The molecule has 2 nitrogen and oxygen atoms in total. The average molecular weight is 176 g/mol. The minimum atomic E-state index is 0.433. The highest BCUT2D eigenvalue weighted by Crippen LogP contribution is 2.16. The average Bonchev–Trinajstić information content (AvgIpc) is 2.19. The van der Waals surface area contributed by atoms with Crippen LogP contribution in [0.5, 0.6) is 11.5 Å². The zero-order valence-corrected chi connectivity index (χ0v) is 7.83. The highest BCUT2D eigenvalue weighted by molar-refractivity contribution is 5.31. The van der Waals surface area contributed by atoms with E-state index in [1.807, 2.05) is 24.3 Å². The largest absolute Gasteiger partial charge is 0.497 e. The van der Waals surface area contributed by atoms with Crippen LogP contribution in [0.1, 0.15) is 6.92 Å². The Kier molecular flexibility index (Phi) is 3.72. The molecule has 0 saturated heterocycles. The van der Waals surface area contributed by atoms with Gasteiger partial charge in [-0.25, -0.2) is 0 Å².